The summed E-state index contributed by atoms with van der Waals surface area (Å²) in [5, 5.41) is 9.62. The Bertz CT molecular complexity index is 1460. The fraction of sp³-hybridized carbons (Fsp3) is 0.738. The predicted molar refractivity (Wildman–Crippen MR) is 219 cm³/mol. The fourth-order valence-corrected chi connectivity index (χ4v) is 6.91. The number of ketones is 1. The van der Waals surface area contributed by atoms with Crippen molar-refractivity contribution in [1.82, 2.24) is 31.1 Å². The number of likely N-dealkylation sites (tertiary alicyclic amines) is 1. The summed E-state index contributed by atoms with van der Waals surface area (Å²) < 4.78 is 45.4. The molecule has 1 saturated heterocycles. The molecule has 0 radical (unpaired) electrons. The lowest BCUT2D eigenvalue weighted by Gasteiger charge is -2.35. The highest BCUT2D eigenvalue weighted by atomic mass is 19.4. The number of allylic oxidation sites excluding steroid dienone is 3. The number of alkyl halides is 3. The standard InChI is InChI=1S/C37H55F3N6O8.C3H8.C2H6/c1-36(2,3)54-35(53)44-29(24-16-11-8-12-17-24)34(52)46-21-13-18-26(46)31(49)42-25(19-20-37(38,39)40)30(48)32(50)41-22-27(47)43-28(33(51)45(4)5)23-14-9-6-7-10-15-23;1-3-2;1-2/h6-7,9,14,23-26,28-29H,8,10-13,15-22H2,1-5H3,(H,41,50)(H,42,49)(H,43,47)(H,44,53);3H2,1-2H3;1-2H3. The topological polar surface area (TPSA) is 183 Å². The van der Waals surface area contributed by atoms with Crippen LogP contribution in [0.1, 0.15) is 126 Å². The molecule has 2 fully saturated rings. The van der Waals surface area contributed by atoms with E-state index in [1.165, 1.54) is 30.3 Å². The molecule has 0 aromatic heterocycles. The van der Waals surface area contributed by atoms with E-state index in [4.69, 9.17) is 4.74 Å². The van der Waals surface area contributed by atoms with Gasteiger partial charge in [-0.25, -0.2) is 4.79 Å². The second-order valence-electron chi connectivity index (χ2n) is 16.0. The van der Waals surface area contributed by atoms with Crippen LogP contribution in [-0.2, 0) is 33.5 Å². The zero-order chi connectivity index (χ0) is 44.9. The highest BCUT2D eigenvalue weighted by Crippen LogP contribution is 2.30. The van der Waals surface area contributed by atoms with E-state index in [-0.39, 0.29) is 24.8 Å². The van der Waals surface area contributed by atoms with Crippen LogP contribution >= 0.6 is 0 Å². The molecule has 1 saturated carbocycles. The lowest BCUT2D eigenvalue weighted by Crippen LogP contribution is -2.58. The van der Waals surface area contributed by atoms with Crippen molar-refractivity contribution in [3.8, 4) is 0 Å². The first-order chi connectivity index (χ1) is 27.7. The normalized spacial score (nSPS) is 19.5. The number of carbonyl (C=O) groups excluding carboxylic acids is 7. The molecular formula is C42H69F3N6O8. The minimum absolute atomic E-state index is 0.122. The molecular weight excluding hydrogens is 773 g/mol. The Kier molecular flexibility index (Phi) is 23.1. The van der Waals surface area contributed by atoms with Crippen molar-refractivity contribution < 1.29 is 51.5 Å². The van der Waals surface area contributed by atoms with E-state index in [2.05, 4.69) is 35.1 Å². The number of likely N-dealkylation sites (N-methyl/N-ethyl adjacent to an activating group) is 1. The molecule has 14 nitrogen and oxygen atoms in total. The summed E-state index contributed by atoms with van der Waals surface area (Å²) in [6, 6.07) is -5.11. The van der Waals surface area contributed by atoms with Crippen molar-refractivity contribution >= 4 is 41.4 Å². The van der Waals surface area contributed by atoms with Gasteiger partial charge in [0.25, 0.3) is 5.91 Å². The van der Waals surface area contributed by atoms with Gasteiger partial charge in [-0.1, -0.05) is 77.7 Å². The molecule has 4 N–H and O–H groups in total. The number of nitrogens with one attached hydrogen (secondary N) is 4. The summed E-state index contributed by atoms with van der Waals surface area (Å²) in [4.78, 5) is 94.9. The number of rotatable bonds is 14. The van der Waals surface area contributed by atoms with Gasteiger partial charge in [-0.15, -0.1) is 0 Å². The van der Waals surface area contributed by atoms with Crippen molar-refractivity contribution in [2.45, 2.75) is 161 Å². The Morgan fingerprint density at radius 3 is 2.05 bits per heavy atom. The average molecular weight is 843 g/mol. The Morgan fingerprint density at radius 2 is 1.47 bits per heavy atom. The van der Waals surface area contributed by atoms with Gasteiger partial charge in [0.15, 0.2) is 0 Å². The van der Waals surface area contributed by atoms with E-state index in [0.717, 1.165) is 19.3 Å². The van der Waals surface area contributed by atoms with E-state index in [1.807, 2.05) is 26.0 Å². The molecule has 0 aromatic carbocycles. The lowest BCUT2D eigenvalue weighted by molar-refractivity contribution is -0.147. The molecule has 2 aliphatic carbocycles. The summed E-state index contributed by atoms with van der Waals surface area (Å²) in [7, 11) is 3.04. The number of halogens is 3. The zero-order valence-corrected chi connectivity index (χ0v) is 36.5. The largest absolute Gasteiger partial charge is 0.444 e. The van der Waals surface area contributed by atoms with Gasteiger partial charge in [-0.3, -0.25) is 28.8 Å². The highest BCUT2D eigenvalue weighted by molar-refractivity contribution is 6.38. The van der Waals surface area contributed by atoms with Crippen LogP contribution in [0.15, 0.2) is 24.3 Å². The van der Waals surface area contributed by atoms with Gasteiger partial charge >= 0.3 is 12.3 Å². The van der Waals surface area contributed by atoms with Crippen molar-refractivity contribution in [2.24, 2.45) is 11.8 Å². The van der Waals surface area contributed by atoms with Gasteiger partial charge in [-0.05, 0) is 71.6 Å². The molecule has 5 atom stereocenters. The maximum absolute atomic E-state index is 14.0. The number of nitrogens with zero attached hydrogens (tertiary/aromatic N) is 2. The van der Waals surface area contributed by atoms with Crippen LogP contribution in [0, 0.1) is 11.8 Å². The molecule has 3 aliphatic rings. The Labute approximate surface area is 348 Å². The monoisotopic (exact) mass is 843 g/mol. The van der Waals surface area contributed by atoms with Gasteiger partial charge in [0.2, 0.25) is 29.4 Å². The molecule has 0 bridgehead atoms. The van der Waals surface area contributed by atoms with Crippen LogP contribution in [0.4, 0.5) is 18.0 Å². The number of carbonyl (C=O) groups is 7. The van der Waals surface area contributed by atoms with Crippen LogP contribution in [0.5, 0.6) is 0 Å². The molecule has 17 heteroatoms. The van der Waals surface area contributed by atoms with Crippen molar-refractivity contribution in [2.75, 3.05) is 27.2 Å². The van der Waals surface area contributed by atoms with Gasteiger partial charge in [0, 0.05) is 33.0 Å². The number of alkyl carbamates (subject to hydrolysis) is 1. The quantitative estimate of drug-likeness (QED) is 0.165. The number of ether oxygens (including phenoxy) is 1. The first kappa shape index (κ1) is 52.6. The SMILES string of the molecule is CC.CCC.CN(C)C(=O)C(NC(=O)CNC(=O)C(=O)C(CCC(F)(F)F)NC(=O)C1CCCN1C(=O)C(NC(=O)OC(C)(C)C)C1CCCCC1)C1C=CC=CCC1. The highest BCUT2D eigenvalue weighted by Gasteiger charge is 2.43. The minimum atomic E-state index is -4.73. The van der Waals surface area contributed by atoms with E-state index >= 15 is 0 Å². The third-order valence-corrected chi connectivity index (χ3v) is 9.60. The van der Waals surface area contributed by atoms with Crippen molar-refractivity contribution in [3.05, 3.63) is 24.3 Å². The Morgan fingerprint density at radius 1 is 0.847 bits per heavy atom. The summed E-state index contributed by atoms with van der Waals surface area (Å²) in [5.74, 6) is -6.12. The lowest BCUT2D eigenvalue weighted by atomic mass is 9.83. The second kappa shape index (κ2) is 25.9. The Hall–Kier alpha value is -4.44. The molecule has 0 spiro atoms. The first-order valence-corrected chi connectivity index (χ1v) is 21.0. The van der Waals surface area contributed by atoms with Gasteiger partial charge in [-0.2, -0.15) is 13.2 Å². The molecule has 1 heterocycles. The summed E-state index contributed by atoms with van der Waals surface area (Å²) in [6.07, 6.45) is 6.15. The summed E-state index contributed by atoms with van der Waals surface area (Å²) in [5.41, 5.74) is -0.841. The van der Waals surface area contributed by atoms with E-state index < -0.39 is 96.7 Å². The zero-order valence-electron chi connectivity index (χ0n) is 36.5. The van der Waals surface area contributed by atoms with E-state index in [0.29, 0.717) is 32.1 Å². The molecule has 59 heavy (non-hydrogen) atoms. The maximum atomic E-state index is 14.0. The first-order valence-electron chi connectivity index (χ1n) is 21.0. The van der Waals surface area contributed by atoms with Crippen molar-refractivity contribution in [1.29, 1.82) is 0 Å². The van der Waals surface area contributed by atoms with Crippen LogP contribution < -0.4 is 21.3 Å². The van der Waals surface area contributed by atoms with Crippen molar-refractivity contribution in [3.63, 3.8) is 0 Å². The molecule has 336 valence electrons. The maximum Gasteiger partial charge on any atom is 0.408 e. The number of Topliss-reactive ketones (excluding diaryl/α,β-unsaturated/α-hetero) is 1. The molecule has 1 aliphatic heterocycles. The summed E-state index contributed by atoms with van der Waals surface area (Å²) >= 11 is 0. The molecule has 3 rings (SSSR count). The smallest absolute Gasteiger partial charge is 0.408 e. The van der Waals surface area contributed by atoms with Crippen LogP contribution in [0.3, 0.4) is 0 Å². The molecule has 0 aromatic rings. The fourth-order valence-electron chi connectivity index (χ4n) is 6.91. The third kappa shape index (κ3) is 19.0. The van der Waals surface area contributed by atoms with Crippen LogP contribution in [0.2, 0.25) is 0 Å². The molecule has 5 unspecified atom stereocenters. The predicted octanol–water partition coefficient (Wildman–Crippen LogP) is 5.50. The average Bonchev–Trinajstić information content (AvgIpc) is 3.52. The van der Waals surface area contributed by atoms with Gasteiger partial charge in [0.1, 0.15) is 23.7 Å². The van der Waals surface area contributed by atoms with E-state index in [9.17, 15) is 46.7 Å². The Balaban J connectivity index is 0.00000332. The number of hydrogen-bond donors (Lipinski definition) is 4. The number of hydrogen-bond acceptors (Lipinski definition) is 8. The number of amides is 6. The van der Waals surface area contributed by atoms with Gasteiger partial charge < -0.3 is 35.8 Å². The second-order valence-corrected chi connectivity index (χ2v) is 16.0. The van der Waals surface area contributed by atoms with Crippen LogP contribution in [0.25, 0.3) is 0 Å². The minimum Gasteiger partial charge on any atom is -0.444 e. The summed E-state index contributed by atoms with van der Waals surface area (Å²) in [6.45, 7) is 12.6. The van der Waals surface area contributed by atoms with E-state index in [1.54, 1.807) is 32.9 Å². The third-order valence-electron chi connectivity index (χ3n) is 9.60. The van der Waals surface area contributed by atoms with Crippen LogP contribution in [-0.4, -0.2) is 114 Å². The van der Waals surface area contributed by atoms with Gasteiger partial charge in [0.05, 0.1) is 12.6 Å². The molecule has 6 amide bonds.